The SMILES string of the molecule is CCNCCS(=O)(=O)NC(C)C(C)C. The summed E-state index contributed by atoms with van der Waals surface area (Å²) in [6.07, 6.45) is 0. The van der Waals surface area contributed by atoms with Crippen LogP contribution in [-0.2, 0) is 10.0 Å². The lowest BCUT2D eigenvalue weighted by Crippen LogP contribution is -2.39. The van der Waals surface area contributed by atoms with Gasteiger partial charge in [0.1, 0.15) is 0 Å². The normalized spacial score (nSPS) is 14.6. The van der Waals surface area contributed by atoms with Gasteiger partial charge in [0, 0.05) is 12.6 Å². The first kappa shape index (κ1) is 13.9. The molecule has 0 radical (unpaired) electrons. The first-order valence-corrected chi connectivity index (χ1v) is 6.75. The average molecular weight is 222 g/mol. The van der Waals surface area contributed by atoms with Crippen molar-refractivity contribution in [3.63, 3.8) is 0 Å². The first-order chi connectivity index (χ1) is 6.39. The summed E-state index contributed by atoms with van der Waals surface area (Å²) in [7, 11) is -3.11. The van der Waals surface area contributed by atoms with Crippen LogP contribution in [-0.4, -0.2) is 33.3 Å². The van der Waals surface area contributed by atoms with Gasteiger partial charge in [-0.25, -0.2) is 13.1 Å². The van der Waals surface area contributed by atoms with Gasteiger partial charge >= 0.3 is 0 Å². The molecule has 2 N–H and O–H groups in total. The lowest BCUT2D eigenvalue weighted by atomic mass is 10.1. The van der Waals surface area contributed by atoms with Crippen molar-refractivity contribution in [2.24, 2.45) is 5.92 Å². The third-order valence-electron chi connectivity index (χ3n) is 2.16. The minimum atomic E-state index is -3.11. The van der Waals surface area contributed by atoms with Gasteiger partial charge in [-0.3, -0.25) is 0 Å². The molecule has 0 spiro atoms. The topological polar surface area (TPSA) is 58.2 Å². The van der Waals surface area contributed by atoms with Crippen LogP contribution < -0.4 is 10.0 Å². The number of hydrogen-bond acceptors (Lipinski definition) is 3. The number of hydrogen-bond donors (Lipinski definition) is 2. The molecule has 0 aromatic heterocycles. The van der Waals surface area contributed by atoms with E-state index in [4.69, 9.17) is 0 Å². The second kappa shape index (κ2) is 6.37. The van der Waals surface area contributed by atoms with Crippen LogP contribution in [0.1, 0.15) is 27.7 Å². The molecule has 0 aliphatic rings. The van der Waals surface area contributed by atoms with E-state index in [1.807, 2.05) is 27.7 Å². The Morgan fingerprint density at radius 3 is 2.21 bits per heavy atom. The molecule has 4 nitrogen and oxygen atoms in total. The molecule has 0 fully saturated rings. The molecule has 14 heavy (non-hydrogen) atoms. The van der Waals surface area contributed by atoms with Crippen LogP contribution in [0.2, 0.25) is 0 Å². The van der Waals surface area contributed by atoms with Crippen LogP contribution in [0, 0.1) is 5.92 Å². The van der Waals surface area contributed by atoms with Gasteiger partial charge in [-0.05, 0) is 19.4 Å². The number of rotatable bonds is 7. The Labute approximate surface area is 87.5 Å². The summed E-state index contributed by atoms with van der Waals surface area (Å²) < 4.78 is 25.6. The van der Waals surface area contributed by atoms with Crippen molar-refractivity contribution < 1.29 is 8.42 Å². The van der Waals surface area contributed by atoms with Crippen LogP contribution in [0.25, 0.3) is 0 Å². The van der Waals surface area contributed by atoms with Gasteiger partial charge in [-0.2, -0.15) is 0 Å². The zero-order valence-electron chi connectivity index (χ0n) is 9.50. The van der Waals surface area contributed by atoms with Crippen LogP contribution in [0.4, 0.5) is 0 Å². The van der Waals surface area contributed by atoms with Crippen LogP contribution in [0.15, 0.2) is 0 Å². The van der Waals surface area contributed by atoms with Gasteiger partial charge < -0.3 is 5.32 Å². The lowest BCUT2D eigenvalue weighted by Gasteiger charge is -2.17. The van der Waals surface area contributed by atoms with E-state index in [0.717, 1.165) is 6.54 Å². The van der Waals surface area contributed by atoms with Crippen molar-refractivity contribution in [2.45, 2.75) is 33.7 Å². The Balaban J connectivity index is 3.95. The molecule has 0 bridgehead atoms. The second-order valence-electron chi connectivity index (χ2n) is 3.82. The summed E-state index contributed by atoms with van der Waals surface area (Å²) in [4.78, 5) is 0. The highest BCUT2D eigenvalue weighted by Crippen LogP contribution is 2.01. The van der Waals surface area contributed by atoms with Crippen LogP contribution in [0.3, 0.4) is 0 Å². The Morgan fingerprint density at radius 2 is 1.79 bits per heavy atom. The average Bonchev–Trinajstić information content (AvgIpc) is 2.03. The van der Waals surface area contributed by atoms with Crippen molar-refractivity contribution in [2.75, 3.05) is 18.8 Å². The Bertz CT molecular complexity index is 237. The van der Waals surface area contributed by atoms with Gasteiger partial charge in [0.15, 0.2) is 0 Å². The molecule has 0 aromatic rings. The molecule has 0 aromatic carbocycles. The van der Waals surface area contributed by atoms with Crippen LogP contribution in [0.5, 0.6) is 0 Å². The third kappa shape index (κ3) is 6.34. The summed E-state index contributed by atoms with van der Waals surface area (Å²) in [6, 6.07) is 0.00151. The summed E-state index contributed by atoms with van der Waals surface area (Å²) >= 11 is 0. The van der Waals surface area contributed by atoms with E-state index in [0.29, 0.717) is 12.5 Å². The molecular formula is C9H22N2O2S. The molecule has 5 heteroatoms. The molecule has 1 unspecified atom stereocenters. The predicted molar refractivity (Wildman–Crippen MR) is 59.8 cm³/mol. The van der Waals surface area contributed by atoms with E-state index < -0.39 is 10.0 Å². The van der Waals surface area contributed by atoms with Gasteiger partial charge in [0.25, 0.3) is 0 Å². The monoisotopic (exact) mass is 222 g/mol. The summed E-state index contributed by atoms with van der Waals surface area (Å²) in [5, 5.41) is 2.99. The highest BCUT2D eigenvalue weighted by atomic mass is 32.2. The van der Waals surface area contributed by atoms with E-state index in [1.165, 1.54) is 0 Å². The zero-order valence-corrected chi connectivity index (χ0v) is 10.3. The third-order valence-corrected chi connectivity index (χ3v) is 3.64. The van der Waals surface area contributed by atoms with Gasteiger partial charge in [0.2, 0.25) is 10.0 Å². The largest absolute Gasteiger partial charge is 0.316 e. The van der Waals surface area contributed by atoms with E-state index in [1.54, 1.807) is 0 Å². The van der Waals surface area contributed by atoms with Gasteiger partial charge in [0.05, 0.1) is 5.75 Å². The highest BCUT2D eigenvalue weighted by Gasteiger charge is 2.15. The van der Waals surface area contributed by atoms with Crippen molar-refractivity contribution in [1.82, 2.24) is 10.0 Å². The Kier molecular flexibility index (Phi) is 6.31. The van der Waals surface area contributed by atoms with E-state index in [-0.39, 0.29) is 11.8 Å². The van der Waals surface area contributed by atoms with E-state index in [2.05, 4.69) is 10.0 Å². The van der Waals surface area contributed by atoms with Crippen molar-refractivity contribution >= 4 is 10.0 Å². The molecule has 0 amide bonds. The molecule has 0 rings (SSSR count). The Hall–Kier alpha value is -0.130. The van der Waals surface area contributed by atoms with Gasteiger partial charge in [-0.1, -0.05) is 20.8 Å². The smallest absolute Gasteiger partial charge is 0.213 e. The number of sulfonamides is 1. The minimum absolute atomic E-state index is 0.00151. The fraction of sp³-hybridized carbons (Fsp3) is 1.00. The summed E-state index contributed by atoms with van der Waals surface area (Å²) in [6.45, 7) is 9.15. The maximum absolute atomic E-state index is 11.5. The summed E-state index contributed by atoms with van der Waals surface area (Å²) in [5.74, 6) is 0.474. The maximum atomic E-state index is 11.5. The highest BCUT2D eigenvalue weighted by molar-refractivity contribution is 7.89. The fourth-order valence-electron chi connectivity index (χ4n) is 0.862. The van der Waals surface area contributed by atoms with E-state index in [9.17, 15) is 8.42 Å². The van der Waals surface area contributed by atoms with Gasteiger partial charge in [-0.15, -0.1) is 0 Å². The predicted octanol–water partition coefficient (Wildman–Crippen LogP) is 0.560. The maximum Gasteiger partial charge on any atom is 0.213 e. The van der Waals surface area contributed by atoms with Crippen molar-refractivity contribution in [3.05, 3.63) is 0 Å². The minimum Gasteiger partial charge on any atom is -0.316 e. The molecule has 86 valence electrons. The first-order valence-electron chi connectivity index (χ1n) is 5.09. The molecule has 1 atom stereocenters. The van der Waals surface area contributed by atoms with E-state index >= 15 is 0 Å². The molecule has 0 aliphatic carbocycles. The van der Waals surface area contributed by atoms with Crippen molar-refractivity contribution in [1.29, 1.82) is 0 Å². The lowest BCUT2D eigenvalue weighted by molar-refractivity contribution is 0.476. The second-order valence-corrected chi connectivity index (χ2v) is 5.70. The number of nitrogens with one attached hydrogen (secondary N) is 2. The van der Waals surface area contributed by atoms with Crippen molar-refractivity contribution in [3.8, 4) is 0 Å². The van der Waals surface area contributed by atoms with Crippen LogP contribution >= 0.6 is 0 Å². The molecule has 0 heterocycles. The molecule has 0 saturated carbocycles. The standard InChI is InChI=1S/C9H22N2O2S/c1-5-10-6-7-14(12,13)11-9(4)8(2)3/h8-11H,5-7H2,1-4H3. The molecular weight excluding hydrogens is 200 g/mol. The Morgan fingerprint density at radius 1 is 1.21 bits per heavy atom. The molecule has 0 saturated heterocycles. The quantitative estimate of drug-likeness (QED) is 0.619. The molecule has 0 aliphatic heterocycles. The summed E-state index contributed by atoms with van der Waals surface area (Å²) in [5.41, 5.74) is 0. The fourth-order valence-corrected chi connectivity index (χ4v) is 2.23. The zero-order chi connectivity index (χ0) is 11.2.